The van der Waals surface area contributed by atoms with Gasteiger partial charge in [0.15, 0.2) is 11.5 Å². The normalized spacial score (nSPS) is 13.7. The number of hydrogen-bond acceptors (Lipinski definition) is 8. The third-order valence-corrected chi connectivity index (χ3v) is 6.42. The molecule has 1 heterocycles. The van der Waals surface area contributed by atoms with Crippen LogP contribution >= 0.6 is 11.6 Å². The van der Waals surface area contributed by atoms with Gasteiger partial charge in [-0.15, -0.1) is 0 Å². The second-order valence-electron chi connectivity index (χ2n) is 6.29. The van der Waals surface area contributed by atoms with Gasteiger partial charge in [0.1, 0.15) is 6.54 Å². The summed E-state index contributed by atoms with van der Waals surface area (Å²) < 4.78 is 35.6. The molecule has 1 aliphatic rings. The van der Waals surface area contributed by atoms with Crippen LogP contribution in [-0.4, -0.2) is 92.8 Å². The quantitative estimate of drug-likeness (QED) is 0.427. The molecule has 2 rings (SSSR count). The molecule has 3 N–H and O–H groups in total. The van der Waals surface area contributed by atoms with Gasteiger partial charge in [-0.25, -0.2) is 27.2 Å². The number of carboxylic acid groups (broad SMARTS) is 1. The maximum absolute atomic E-state index is 12.5. The number of imide groups is 1. The molecule has 1 aromatic carbocycles. The first kappa shape index (κ1) is 25.0. The molecule has 0 saturated carbocycles. The molecule has 0 bridgehead atoms. The van der Waals surface area contributed by atoms with Crippen molar-refractivity contribution < 1.29 is 42.2 Å². The predicted octanol–water partition coefficient (Wildman–Crippen LogP) is -0.0514. The van der Waals surface area contributed by atoms with Crippen molar-refractivity contribution in [2.75, 3.05) is 46.2 Å². The molecule has 0 spiro atoms. The van der Waals surface area contributed by atoms with E-state index in [9.17, 15) is 27.6 Å². The Labute approximate surface area is 188 Å². The number of carbonyl (C=O) groups excluding carboxylic acids is 3. The summed E-state index contributed by atoms with van der Waals surface area (Å²) in [6.07, 6.45) is 0. The van der Waals surface area contributed by atoms with Crippen molar-refractivity contribution in [3.63, 3.8) is 0 Å². The van der Waals surface area contributed by atoms with Crippen LogP contribution in [0.4, 0.5) is 9.59 Å². The number of sulfonamides is 1. The van der Waals surface area contributed by atoms with Crippen LogP contribution < -0.4 is 20.1 Å². The molecule has 0 atom stereocenters. The Bertz CT molecular complexity index is 1030. The molecule has 13 nitrogen and oxygen atoms in total. The minimum absolute atomic E-state index is 0.0232. The molecule has 0 aromatic heterocycles. The number of urea groups is 2. The molecule has 15 heteroatoms. The first-order valence-corrected chi connectivity index (χ1v) is 11.0. The van der Waals surface area contributed by atoms with Crippen molar-refractivity contribution in [2.45, 2.75) is 0 Å². The summed E-state index contributed by atoms with van der Waals surface area (Å²) in [5.74, 6) is -2.17. The maximum Gasteiger partial charge on any atom is 0.341 e. The van der Waals surface area contributed by atoms with E-state index in [0.29, 0.717) is 15.0 Å². The van der Waals surface area contributed by atoms with Crippen molar-refractivity contribution in [2.24, 2.45) is 0 Å². The third-order valence-electron chi connectivity index (χ3n) is 4.32. The lowest BCUT2D eigenvalue weighted by atomic mass is 10.2. The largest absolute Gasteiger partial charge is 0.493 e. The fourth-order valence-corrected chi connectivity index (χ4v) is 4.37. The number of carbonyl (C=O) groups is 4. The summed E-state index contributed by atoms with van der Waals surface area (Å²) in [5, 5.41) is 12.9. The molecule has 176 valence electrons. The van der Waals surface area contributed by atoms with Crippen LogP contribution in [0.1, 0.15) is 10.4 Å². The number of benzene rings is 1. The summed E-state index contributed by atoms with van der Waals surface area (Å²) in [7, 11) is -1.42. The average molecular weight is 493 g/mol. The molecule has 1 aliphatic heterocycles. The number of hydrogen-bond donors (Lipinski definition) is 3. The average Bonchev–Trinajstić information content (AvgIpc) is 3.13. The van der Waals surface area contributed by atoms with Crippen LogP contribution in [0.3, 0.4) is 0 Å². The maximum atomic E-state index is 12.5. The lowest BCUT2D eigenvalue weighted by molar-refractivity contribution is -0.135. The number of rotatable bonds is 9. The van der Waals surface area contributed by atoms with Crippen molar-refractivity contribution in [3.05, 3.63) is 22.7 Å². The van der Waals surface area contributed by atoms with Gasteiger partial charge in [0.05, 0.1) is 43.6 Å². The highest BCUT2D eigenvalue weighted by Gasteiger charge is 2.39. The molecule has 5 amide bonds. The van der Waals surface area contributed by atoms with Gasteiger partial charge in [0, 0.05) is 6.54 Å². The SMILES string of the molecule is COc1ccc(C(=O)NCCS(=O)(=O)N2CCN(C(=O)NCC(=O)O)C2=O)c(Cl)c1OC. The zero-order valence-corrected chi connectivity index (χ0v) is 18.7. The lowest BCUT2D eigenvalue weighted by Crippen LogP contribution is -2.46. The van der Waals surface area contributed by atoms with Crippen LogP contribution in [0.15, 0.2) is 12.1 Å². The lowest BCUT2D eigenvalue weighted by Gasteiger charge is -2.18. The van der Waals surface area contributed by atoms with E-state index in [1.54, 1.807) is 0 Å². The molecule has 1 saturated heterocycles. The second kappa shape index (κ2) is 10.4. The Balaban J connectivity index is 1.98. The van der Waals surface area contributed by atoms with Gasteiger partial charge in [-0.05, 0) is 12.1 Å². The van der Waals surface area contributed by atoms with E-state index in [0.717, 1.165) is 0 Å². The number of nitrogens with zero attached hydrogens (tertiary/aromatic N) is 2. The smallest absolute Gasteiger partial charge is 0.341 e. The van der Waals surface area contributed by atoms with Gasteiger partial charge < -0.3 is 25.2 Å². The molecule has 32 heavy (non-hydrogen) atoms. The Morgan fingerprint density at radius 1 is 1.16 bits per heavy atom. The highest BCUT2D eigenvalue weighted by Crippen LogP contribution is 2.37. The second-order valence-corrected chi connectivity index (χ2v) is 8.68. The molecular formula is C17H21ClN4O9S. The van der Waals surface area contributed by atoms with E-state index in [4.69, 9.17) is 26.2 Å². The standard InChI is InChI=1S/C17H21ClN4O9S/c1-30-11-4-3-10(13(18)14(11)31-2)15(25)19-5-8-32(28,29)22-7-6-21(17(22)27)16(26)20-9-12(23)24/h3-4H,5-9H2,1-2H3,(H,19,25)(H,20,26)(H,23,24). The van der Waals surface area contributed by atoms with Crippen LogP contribution in [0, 0.1) is 0 Å². The van der Waals surface area contributed by atoms with Crippen LogP contribution in [0.25, 0.3) is 0 Å². The number of carboxylic acids is 1. The van der Waals surface area contributed by atoms with E-state index < -0.39 is 46.3 Å². The number of methoxy groups -OCH3 is 2. The van der Waals surface area contributed by atoms with Crippen molar-refractivity contribution in [3.8, 4) is 11.5 Å². The van der Waals surface area contributed by atoms with Crippen LogP contribution in [-0.2, 0) is 14.8 Å². The summed E-state index contributed by atoms with van der Waals surface area (Å²) in [5.41, 5.74) is 0.0280. The van der Waals surface area contributed by atoms with Crippen molar-refractivity contribution >= 4 is 45.6 Å². The number of ether oxygens (including phenoxy) is 2. The number of nitrogens with one attached hydrogen (secondary N) is 2. The number of halogens is 1. The van der Waals surface area contributed by atoms with Gasteiger partial charge in [0.2, 0.25) is 10.0 Å². The predicted molar refractivity (Wildman–Crippen MR) is 111 cm³/mol. The van der Waals surface area contributed by atoms with Gasteiger partial charge >= 0.3 is 18.0 Å². The minimum atomic E-state index is -4.16. The minimum Gasteiger partial charge on any atom is -0.493 e. The highest BCUT2D eigenvalue weighted by molar-refractivity contribution is 7.89. The Hall–Kier alpha value is -3.26. The van der Waals surface area contributed by atoms with Gasteiger partial charge in [-0.1, -0.05) is 11.6 Å². The van der Waals surface area contributed by atoms with Gasteiger partial charge in [0.25, 0.3) is 5.91 Å². The monoisotopic (exact) mass is 492 g/mol. The highest BCUT2D eigenvalue weighted by atomic mass is 35.5. The molecule has 0 radical (unpaired) electrons. The van der Waals surface area contributed by atoms with Gasteiger partial charge in [-0.2, -0.15) is 0 Å². The fraction of sp³-hybridized carbons (Fsp3) is 0.412. The summed E-state index contributed by atoms with van der Waals surface area (Å²) in [6.45, 7) is -1.60. The number of aliphatic carboxylic acids is 1. The molecule has 1 aromatic rings. The fourth-order valence-electron chi connectivity index (χ4n) is 2.77. The molecule has 0 unspecified atom stereocenters. The zero-order chi connectivity index (χ0) is 24.1. The van der Waals surface area contributed by atoms with Crippen molar-refractivity contribution in [1.82, 2.24) is 19.8 Å². The molecule has 1 fully saturated rings. The Morgan fingerprint density at radius 3 is 2.44 bits per heavy atom. The van der Waals surface area contributed by atoms with Crippen LogP contribution in [0.2, 0.25) is 5.02 Å². The first-order valence-electron chi connectivity index (χ1n) is 9.03. The summed E-state index contributed by atoms with van der Waals surface area (Å²) >= 11 is 6.15. The van der Waals surface area contributed by atoms with E-state index in [-0.39, 0.29) is 36.0 Å². The van der Waals surface area contributed by atoms with Crippen molar-refractivity contribution in [1.29, 1.82) is 0 Å². The Morgan fingerprint density at radius 2 is 1.84 bits per heavy atom. The van der Waals surface area contributed by atoms with Gasteiger partial charge in [-0.3, -0.25) is 9.59 Å². The van der Waals surface area contributed by atoms with E-state index in [2.05, 4.69) is 5.32 Å². The van der Waals surface area contributed by atoms with Crippen LogP contribution in [0.5, 0.6) is 11.5 Å². The van der Waals surface area contributed by atoms with E-state index in [1.807, 2.05) is 5.32 Å². The van der Waals surface area contributed by atoms with E-state index >= 15 is 0 Å². The third kappa shape index (κ3) is 5.50. The molecule has 0 aliphatic carbocycles. The topological polar surface area (TPSA) is 172 Å². The summed E-state index contributed by atoms with van der Waals surface area (Å²) in [6, 6.07) is 0.711. The zero-order valence-electron chi connectivity index (χ0n) is 17.1. The summed E-state index contributed by atoms with van der Waals surface area (Å²) in [4.78, 5) is 47.6. The number of amides is 5. The van der Waals surface area contributed by atoms with E-state index in [1.165, 1.54) is 26.4 Å². The molecular weight excluding hydrogens is 472 g/mol. The Kier molecular flexibility index (Phi) is 8.10. The first-order chi connectivity index (χ1) is 15.0.